The second-order valence-corrected chi connectivity index (χ2v) is 5.44. The average molecular weight is 414 g/mol. The molecule has 1 aromatic carbocycles. The van der Waals surface area contributed by atoms with E-state index in [1.54, 1.807) is 0 Å². The molecule has 21 heavy (non-hydrogen) atoms. The van der Waals surface area contributed by atoms with Crippen LogP contribution in [0.2, 0.25) is 5.02 Å². The molecule has 0 fully saturated rings. The van der Waals surface area contributed by atoms with Crippen LogP contribution in [0.1, 0.15) is 18.9 Å². The summed E-state index contributed by atoms with van der Waals surface area (Å²) in [5.74, 6) is 0.880. The maximum Gasteiger partial charge on any atom is 0.169 e. The Hall–Kier alpha value is -1.14. The van der Waals surface area contributed by atoms with E-state index in [1.165, 1.54) is 0 Å². The lowest BCUT2D eigenvalue weighted by Gasteiger charge is -1.96. The predicted octanol–water partition coefficient (Wildman–Crippen LogP) is 0.893. The molecular weight excluding hydrogens is 397 g/mol. The summed E-state index contributed by atoms with van der Waals surface area (Å²) in [7, 11) is 0. The molecule has 2 heterocycles. The number of halogens is 2. The number of aromatic nitrogens is 3. The largest absolute Gasteiger partial charge is 1.00 e. The van der Waals surface area contributed by atoms with E-state index in [-0.39, 0.29) is 24.0 Å². The molecule has 0 aliphatic heterocycles. The zero-order valence-electron chi connectivity index (χ0n) is 12.0. The van der Waals surface area contributed by atoms with Crippen LogP contribution in [0.15, 0.2) is 36.7 Å². The number of pyridine rings is 1. The quantitative estimate of drug-likeness (QED) is 0.502. The lowest BCUT2D eigenvalue weighted by Crippen LogP contribution is -3.00. The van der Waals surface area contributed by atoms with E-state index in [1.807, 2.05) is 19.1 Å². The first kappa shape index (κ1) is 16.2. The van der Waals surface area contributed by atoms with Gasteiger partial charge in [0, 0.05) is 29.1 Å². The summed E-state index contributed by atoms with van der Waals surface area (Å²) in [4.78, 5) is 7.96. The zero-order valence-corrected chi connectivity index (χ0v) is 14.9. The molecule has 3 aromatic rings. The number of hydrogen-bond acceptors (Lipinski definition) is 1. The third-order valence-electron chi connectivity index (χ3n) is 3.41. The van der Waals surface area contributed by atoms with Crippen molar-refractivity contribution in [3.05, 3.63) is 47.2 Å². The molecule has 1 N–H and O–H groups in total. The zero-order chi connectivity index (χ0) is 14.1. The SMILES string of the molecule is CCC[n+]1ccc(-c2nc3cc(Cl)c(C)cc3[nH]2)cc1.[I-]. The number of benzene rings is 1. The van der Waals surface area contributed by atoms with Crippen molar-refractivity contribution in [2.24, 2.45) is 0 Å². The molecule has 3 rings (SSSR count). The maximum atomic E-state index is 6.14. The van der Waals surface area contributed by atoms with Crippen molar-refractivity contribution < 1.29 is 28.5 Å². The van der Waals surface area contributed by atoms with Crippen molar-refractivity contribution >= 4 is 22.6 Å². The van der Waals surface area contributed by atoms with Crippen molar-refractivity contribution in [1.82, 2.24) is 9.97 Å². The van der Waals surface area contributed by atoms with Crippen molar-refractivity contribution in [1.29, 1.82) is 0 Å². The van der Waals surface area contributed by atoms with Gasteiger partial charge < -0.3 is 29.0 Å². The molecular formula is C16H17ClIN3. The lowest BCUT2D eigenvalue weighted by atomic mass is 10.2. The van der Waals surface area contributed by atoms with Gasteiger partial charge in [-0.15, -0.1) is 0 Å². The summed E-state index contributed by atoms with van der Waals surface area (Å²) < 4.78 is 2.17. The summed E-state index contributed by atoms with van der Waals surface area (Å²) in [6.45, 7) is 5.21. The van der Waals surface area contributed by atoms with Crippen molar-refractivity contribution in [2.45, 2.75) is 26.8 Å². The van der Waals surface area contributed by atoms with Gasteiger partial charge in [0.1, 0.15) is 12.4 Å². The molecule has 0 saturated heterocycles. The highest BCUT2D eigenvalue weighted by molar-refractivity contribution is 6.32. The number of aryl methyl sites for hydroxylation is 2. The van der Waals surface area contributed by atoms with Crippen LogP contribution in [-0.2, 0) is 6.54 Å². The molecule has 0 bridgehead atoms. The molecule has 0 amide bonds. The minimum absolute atomic E-state index is 0. The molecule has 0 aliphatic carbocycles. The van der Waals surface area contributed by atoms with Gasteiger partial charge in [-0.25, -0.2) is 9.55 Å². The number of rotatable bonds is 3. The highest BCUT2D eigenvalue weighted by Gasteiger charge is 2.09. The average Bonchev–Trinajstić information content (AvgIpc) is 2.83. The summed E-state index contributed by atoms with van der Waals surface area (Å²) in [6, 6.07) is 8.12. The van der Waals surface area contributed by atoms with Crippen LogP contribution in [0.5, 0.6) is 0 Å². The van der Waals surface area contributed by atoms with Gasteiger partial charge in [0.05, 0.1) is 11.0 Å². The fourth-order valence-electron chi connectivity index (χ4n) is 2.30. The minimum atomic E-state index is 0. The molecule has 0 atom stereocenters. The number of H-pyrrole nitrogens is 1. The van der Waals surface area contributed by atoms with Crippen molar-refractivity contribution in [3.8, 4) is 11.4 Å². The van der Waals surface area contributed by atoms with Crippen molar-refractivity contribution in [2.75, 3.05) is 0 Å². The Morgan fingerprint density at radius 1 is 1.24 bits per heavy atom. The highest BCUT2D eigenvalue weighted by atomic mass is 127. The number of imidazole rings is 1. The molecule has 0 radical (unpaired) electrons. The molecule has 5 heteroatoms. The van der Waals surface area contributed by atoms with Gasteiger partial charge >= 0.3 is 0 Å². The number of aromatic amines is 1. The second-order valence-electron chi connectivity index (χ2n) is 5.03. The van der Waals surface area contributed by atoms with Gasteiger partial charge in [0.25, 0.3) is 0 Å². The maximum absolute atomic E-state index is 6.14. The van der Waals surface area contributed by atoms with Crippen LogP contribution < -0.4 is 28.5 Å². The van der Waals surface area contributed by atoms with Crippen LogP contribution >= 0.6 is 11.6 Å². The van der Waals surface area contributed by atoms with E-state index in [2.05, 4.69) is 46.0 Å². The van der Waals surface area contributed by atoms with Gasteiger partial charge in [-0.05, 0) is 24.6 Å². The first-order valence-electron chi connectivity index (χ1n) is 6.82. The Labute approximate surface area is 146 Å². The molecule has 0 saturated carbocycles. The second kappa shape index (κ2) is 6.75. The summed E-state index contributed by atoms with van der Waals surface area (Å²) in [6.07, 6.45) is 5.31. The van der Waals surface area contributed by atoms with Crippen LogP contribution in [0, 0.1) is 6.92 Å². The Morgan fingerprint density at radius 3 is 2.62 bits per heavy atom. The van der Waals surface area contributed by atoms with Gasteiger partial charge in [-0.2, -0.15) is 0 Å². The lowest BCUT2D eigenvalue weighted by molar-refractivity contribution is -0.696. The molecule has 2 aromatic heterocycles. The smallest absolute Gasteiger partial charge is 0.169 e. The standard InChI is InChI=1S/C16H16ClN3.HI/c1-3-6-20-7-4-12(5-8-20)16-18-14-9-11(2)13(17)10-15(14)19-16;/h4-5,7-10H,3,6H2,1-2H3;1H. The van der Waals surface area contributed by atoms with E-state index in [0.29, 0.717) is 0 Å². The van der Waals surface area contributed by atoms with Crippen LogP contribution in [-0.4, -0.2) is 9.97 Å². The molecule has 3 nitrogen and oxygen atoms in total. The third-order valence-corrected chi connectivity index (χ3v) is 3.82. The van der Waals surface area contributed by atoms with E-state index < -0.39 is 0 Å². The van der Waals surface area contributed by atoms with Gasteiger partial charge in [-0.1, -0.05) is 18.5 Å². The Kier molecular flexibility index (Phi) is 5.22. The molecule has 0 spiro atoms. The topological polar surface area (TPSA) is 32.6 Å². The fraction of sp³-hybridized carbons (Fsp3) is 0.250. The van der Waals surface area contributed by atoms with Crippen LogP contribution in [0.25, 0.3) is 22.4 Å². The Balaban J connectivity index is 0.00000161. The van der Waals surface area contributed by atoms with Gasteiger partial charge in [0.2, 0.25) is 0 Å². The van der Waals surface area contributed by atoms with E-state index in [4.69, 9.17) is 11.6 Å². The van der Waals surface area contributed by atoms with E-state index in [0.717, 1.165) is 46.0 Å². The van der Waals surface area contributed by atoms with Crippen molar-refractivity contribution in [3.63, 3.8) is 0 Å². The number of nitrogens with one attached hydrogen (secondary N) is 1. The third kappa shape index (κ3) is 3.37. The normalized spacial score (nSPS) is 10.6. The van der Waals surface area contributed by atoms with E-state index in [9.17, 15) is 0 Å². The number of nitrogens with zero attached hydrogens (tertiary/aromatic N) is 2. The molecule has 0 unspecified atom stereocenters. The fourth-order valence-corrected chi connectivity index (χ4v) is 2.46. The molecule has 110 valence electrons. The number of fused-ring (bicyclic) bond motifs is 1. The summed E-state index contributed by atoms with van der Waals surface area (Å²) in [5.41, 5.74) is 4.07. The summed E-state index contributed by atoms with van der Waals surface area (Å²) in [5, 5.41) is 0.754. The first-order valence-corrected chi connectivity index (χ1v) is 7.20. The minimum Gasteiger partial charge on any atom is -1.00 e. The first-order chi connectivity index (χ1) is 9.67. The Bertz CT molecular complexity index is 711. The molecule has 0 aliphatic rings. The highest BCUT2D eigenvalue weighted by Crippen LogP contribution is 2.24. The monoisotopic (exact) mass is 413 g/mol. The predicted molar refractivity (Wildman–Crippen MR) is 81.8 cm³/mol. The Morgan fingerprint density at radius 2 is 1.95 bits per heavy atom. The van der Waals surface area contributed by atoms with Gasteiger partial charge in [0.15, 0.2) is 12.4 Å². The van der Waals surface area contributed by atoms with Crippen LogP contribution in [0.3, 0.4) is 0 Å². The van der Waals surface area contributed by atoms with Gasteiger partial charge in [-0.3, -0.25) is 0 Å². The summed E-state index contributed by atoms with van der Waals surface area (Å²) >= 11 is 6.14. The van der Waals surface area contributed by atoms with E-state index >= 15 is 0 Å². The van der Waals surface area contributed by atoms with Crippen LogP contribution in [0.4, 0.5) is 0 Å². The number of hydrogen-bond donors (Lipinski definition) is 1.